The molecule has 0 fully saturated rings. The molecule has 0 saturated carbocycles. The Balaban J connectivity index is 1.52. The molecule has 2 aromatic carbocycles. The molecule has 2 N–H and O–H groups in total. The summed E-state index contributed by atoms with van der Waals surface area (Å²) in [5.41, 5.74) is 0.873. The van der Waals surface area contributed by atoms with Crippen LogP contribution in [-0.2, 0) is 5.41 Å². The Morgan fingerprint density at radius 2 is 1.74 bits per heavy atom. The van der Waals surface area contributed by atoms with Crippen LogP contribution in [-0.4, -0.2) is 25.8 Å². The van der Waals surface area contributed by atoms with Crippen LogP contribution in [0.15, 0.2) is 60.9 Å². The molecule has 0 atom stereocenters. The lowest BCUT2D eigenvalue weighted by molar-refractivity contribution is 0.262. The Morgan fingerprint density at radius 1 is 1.00 bits per heavy atom. The molecule has 2 aromatic heterocycles. The number of nitrogens with one attached hydrogen (secondary N) is 2. The fraction of sp³-hybridized carbons (Fsp3) is 0.167. The molecule has 0 aliphatic heterocycles. The predicted octanol–water partition coefficient (Wildman–Crippen LogP) is 6.33. The summed E-state index contributed by atoms with van der Waals surface area (Å²) in [5.74, 6) is -0.478. The smallest absolute Gasteiger partial charge is 0.324 e. The Hall–Kier alpha value is -4.05. The number of aromatic nitrogens is 4. The molecule has 0 spiro atoms. The van der Waals surface area contributed by atoms with Crippen LogP contribution < -0.4 is 15.4 Å². The molecule has 0 unspecified atom stereocenters. The summed E-state index contributed by atoms with van der Waals surface area (Å²) in [6.07, 6.45) is 1.22. The van der Waals surface area contributed by atoms with Crippen LogP contribution in [0.25, 0.3) is 5.69 Å². The van der Waals surface area contributed by atoms with Gasteiger partial charge in [0, 0.05) is 23.6 Å². The SMILES string of the molecule is CC(C)(C)c1cc(NC(=O)Nc2ccc(Oc3cc(Cl)ncn3)cc2F)n(-c2ccc(F)cc2)n1. The van der Waals surface area contributed by atoms with E-state index < -0.39 is 17.7 Å². The van der Waals surface area contributed by atoms with E-state index in [1.807, 2.05) is 20.8 Å². The number of carbonyl (C=O) groups excluding carboxylic acids is 1. The summed E-state index contributed by atoms with van der Waals surface area (Å²) < 4.78 is 35.0. The standard InChI is InChI=1S/C24H21ClF2N6O2/c1-24(2,3)19-11-21(33(32-19)15-6-4-14(26)5-7-15)31-23(34)30-18-9-8-16(10-17(18)27)35-22-12-20(25)28-13-29-22/h4-13H,1-3H3,(H2,30,31,34). The second-order valence-electron chi connectivity index (χ2n) is 8.55. The van der Waals surface area contributed by atoms with E-state index in [1.54, 1.807) is 18.2 Å². The van der Waals surface area contributed by atoms with Gasteiger partial charge in [-0.15, -0.1) is 0 Å². The van der Waals surface area contributed by atoms with Crippen LogP contribution in [0.2, 0.25) is 5.15 Å². The number of halogens is 3. The maximum atomic E-state index is 14.6. The fourth-order valence-electron chi connectivity index (χ4n) is 3.04. The normalized spacial score (nSPS) is 11.3. The number of ether oxygens (including phenoxy) is 1. The number of rotatable bonds is 5. The third-order valence-corrected chi connectivity index (χ3v) is 5.02. The largest absolute Gasteiger partial charge is 0.439 e. The third-order valence-electron chi connectivity index (χ3n) is 4.81. The van der Waals surface area contributed by atoms with E-state index >= 15 is 0 Å². The molecule has 0 radical (unpaired) electrons. The number of anilines is 2. The van der Waals surface area contributed by atoms with Gasteiger partial charge in [-0.3, -0.25) is 5.32 Å². The molecule has 0 saturated heterocycles. The molecular formula is C24H21ClF2N6O2. The molecule has 2 amide bonds. The van der Waals surface area contributed by atoms with Crippen molar-refractivity contribution in [2.24, 2.45) is 0 Å². The van der Waals surface area contributed by atoms with Crippen LogP contribution in [0.3, 0.4) is 0 Å². The van der Waals surface area contributed by atoms with Gasteiger partial charge in [0.25, 0.3) is 0 Å². The quantitative estimate of drug-likeness (QED) is 0.314. The summed E-state index contributed by atoms with van der Waals surface area (Å²) in [6.45, 7) is 5.92. The van der Waals surface area contributed by atoms with Crippen LogP contribution in [0.1, 0.15) is 26.5 Å². The lowest BCUT2D eigenvalue weighted by atomic mass is 9.92. The van der Waals surface area contributed by atoms with Gasteiger partial charge in [-0.25, -0.2) is 28.2 Å². The number of hydrogen-bond acceptors (Lipinski definition) is 5. The Morgan fingerprint density at radius 3 is 2.40 bits per heavy atom. The zero-order chi connectivity index (χ0) is 25.2. The molecule has 8 nitrogen and oxygen atoms in total. The molecule has 0 aliphatic rings. The zero-order valence-electron chi connectivity index (χ0n) is 19.0. The highest BCUT2D eigenvalue weighted by molar-refractivity contribution is 6.29. The first-order valence-electron chi connectivity index (χ1n) is 10.5. The highest BCUT2D eigenvalue weighted by atomic mass is 35.5. The highest BCUT2D eigenvalue weighted by Crippen LogP contribution is 2.28. The van der Waals surface area contributed by atoms with Gasteiger partial charge >= 0.3 is 6.03 Å². The van der Waals surface area contributed by atoms with Gasteiger partial charge < -0.3 is 10.1 Å². The molecule has 0 aliphatic carbocycles. The van der Waals surface area contributed by atoms with Crippen molar-refractivity contribution in [3.05, 3.63) is 83.4 Å². The number of carbonyl (C=O) groups is 1. The second-order valence-corrected chi connectivity index (χ2v) is 8.94. The van der Waals surface area contributed by atoms with E-state index in [4.69, 9.17) is 16.3 Å². The van der Waals surface area contributed by atoms with Crippen LogP contribution >= 0.6 is 11.6 Å². The molecule has 35 heavy (non-hydrogen) atoms. The number of urea groups is 1. The first-order valence-corrected chi connectivity index (χ1v) is 10.9. The molecule has 11 heteroatoms. The van der Waals surface area contributed by atoms with E-state index in [-0.39, 0.29) is 27.9 Å². The van der Waals surface area contributed by atoms with Crippen molar-refractivity contribution in [3.8, 4) is 17.3 Å². The van der Waals surface area contributed by atoms with Gasteiger partial charge in [0.15, 0.2) is 0 Å². The molecular weight excluding hydrogens is 478 g/mol. The van der Waals surface area contributed by atoms with E-state index in [2.05, 4.69) is 25.7 Å². The van der Waals surface area contributed by atoms with Crippen LogP contribution in [0.4, 0.5) is 25.1 Å². The minimum Gasteiger partial charge on any atom is -0.439 e. The van der Waals surface area contributed by atoms with Gasteiger partial charge in [0.2, 0.25) is 5.88 Å². The van der Waals surface area contributed by atoms with Gasteiger partial charge in [0.05, 0.1) is 17.1 Å². The van der Waals surface area contributed by atoms with E-state index in [1.165, 1.54) is 41.3 Å². The summed E-state index contributed by atoms with van der Waals surface area (Å²) in [6, 6.07) is 12.0. The lowest BCUT2D eigenvalue weighted by Gasteiger charge is -2.14. The Labute approximate surface area is 204 Å². The maximum Gasteiger partial charge on any atom is 0.324 e. The van der Waals surface area contributed by atoms with Crippen molar-refractivity contribution in [3.63, 3.8) is 0 Å². The Kier molecular flexibility index (Phi) is 6.65. The summed E-state index contributed by atoms with van der Waals surface area (Å²) in [5, 5.41) is 9.88. The number of hydrogen-bond donors (Lipinski definition) is 2. The second kappa shape index (κ2) is 9.67. The summed E-state index contributed by atoms with van der Waals surface area (Å²) in [4.78, 5) is 20.3. The average molecular weight is 499 g/mol. The van der Waals surface area contributed by atoms with E-state index in [9.17, 15) is 13.6 Å². The first kappa shape index (κ1) is 24.1. The zero-order valence-corrected chi connectivity index (χ0v) is 19.8. The van der Waals surface area contributed by atoms with Crippen molar-refractivity contribution in [1.29, 1.82) is 0 Å². The minimum absolute atomic E-state index is 0.0699. The van der Waals surface area contributed by atoms with Crippen molar-refractivity contribution >= 4 is 29.1 Å². The fourth-order valence-corrected chi connectivity index (χ4v) is 3.18. The van der Waals surface area contributed by atoms with Gasteiger partial charge in [0.1, 0.15) is 34.7 Å². The number of amides is 2. The molecule has 2 heterocycles. The van der Waals surface area contributed by atoms with E-state index in [0.29, 0.717) is 17.2 Å². The number of benzene rings is 2. The Bertz CT molecular complexity index is 1370. The molecule has 0 bridgehead atoms. The number of nitrogens with zero attached hydrogens (tertiary/aromatic N) is 4. The van der Waals surface area contributed by atoms with Gasteiger partial charge in [-0.05, 0) is 36.4 Å². The van der Waals surface area contributed by atoms with Crippen molar-refractivity contribution < 1.29 is 18.3 Å². The average Bonchev–Trinajstić information content (AvgIpc) is 3.20. The maximum absolute atomic E-state index is 14.6. The topological polar surface area (TPSA) is 94.0 Å². The predicted molar refractivity (Wildman–Crippen MR) is 128 cm³/mol. The molecule has 4 aromatic rings. The minimum atomic E-state index is -0.722. The molecule has 4 rings (SSSR count). The summed E-state index contributed by atoms with van der Waals surface area (Å²) in [7, 11) is 0. The van der Waals surface area contributed by atoms with Gasteiger partial charge in [-0.1, -0.05) is 32.4 Å². The monoisotopic (exact) mass is 498 g/mol. The van der Waals surface area contributed by atoms with Gasteiger partial charge in [-0.2, -0.15) is 5.10 Å². The third kappa shape index (κ3) is 5.90. The van der Waals surface area contributed by atoms with Crippen molar-refractivity contribution in [1.82, 2.24) is 19.7 Å². The van der Waals surface area contributed by atoms with Crippen LogP contribution in [0.5, 0.6) is 11.6 Å². The summed E-state index contributed by atoms with van der Waals surface area (Å²) >= 11 is 5.79. The molecule has 180 valence electrons. The van der Waals surface area contributed by atoms with Crippen molar-refractivity contribution in [2.75, 3.05) is 10.6 Å². The highest BCUT2D eigenvalue weighted by Gasteiger charge is 2.22. The lowest BCUT2D eigenvalue weighted by Crippen LogP contribution is -2.22. The van der Waals surface area contributed by atoms with E-state index in [0.717, 1.165) is 6.07 Å². The first-order chi connectivity index (χ1) is 16.6. The van der Waals surface area contributed by atoms with Crippen LogP contribution in [0, 0.1) is 11.6 Å². The van der Waals surface area contributed by atoms with Crippen molar-refractivity contribution in [2.45, 2.75) is 26.2 Å².